The van der Waals surface area contributed by atoms with Crippen LogP contribution in [0.2, 0.25) is 0 Å². The average Bonchev–Trinajstić information content (AvgIpc) is 3.10. The highest BCUT2D eigenvalue weighted by Crippen LogP contribution is 2.36. The van der Waals surface area contributed by atoms with E-state index in [1.54, 1.807) is 0 Å². The van der Waals surface area contributed by atoms with Crippen LogP contribution in [-0.4, -0.2) is 41.0 Å². The van der Waals surface area contributed by atoms with Gasteiger partial charge in [0.1, 0.15) is 6.61 Å². The predicted molar refractivity (Wildman–Crippen MR) is 211 cm³/mol. The van der Waals surface area contributed by atoms with Crippen LogP contribution in [0.5, 0.6) is 0 Å². The molecule has 0 saturated carbocycles. The van der Waals surface area contributed by atoms with Crippen LogP contribution < -0.4 is 0 Å². The number of rotatable bonds is 38. The van der Waals surface area contributed by atoms with Crippen molar-refractivity contribution in [3.05, 3.63) is 36.5 Å². The molecule has 0 rings (SSSR count). The lowest BCUT2D eigenvalue weighted by molar-refractivity contribution is -0.161. The third-order valence-corrected chi connectivity index (χ3v) is 9.40. The maximum Gasteiger partial charge on any atom is 0.469 e. The van der Waals surface area contributed by atoms with Crippen LogP contribution in [0.4, 0.5) is 0 Å². The van der Waals surface area contributed by atoms with Gasteiger partial charge in [-0.3, -0.25) is 14.1 Å². The second kappa shape index (κ2) is 38.0. The summed E-state index contributed by atoms with van der Waals surface area (Å²) in [4.78, 5) is 42.8. The van der Waals surface area contributed by atoms with E-state index in [4.69, 9.17) is 19.3 Å². The van der Waals surface area contributed by atoms with E-state index in [0.29, 0.717) is 12.8 Å². The molecule has 0 bridgehead atoms. The van der Waals surface area contributed by atoms with Crippen LogP contribution >= 0.6 is 7.82 Å². The highest BCUT2D eigenvalue weighted by atomic mass is 31.2. The first kappa shape index (κ1) is 49.3. The SMILES string of the molecule is CCCCC/C=C\C/C=C\C/C=C\CCCCCCC(=O)OC[C@H](COP(=O)(O)O)OC(=O)CCCCCCCCCCCCCCCCCC. The van der Waals surface area contributed by atoms with Gasteiger partial charge < -0.3 is 19.3 Å². The van der Waals surface area contributed by atoms with Crippen molar-refractivity contribution in [2.75, 3.05) is 13.2 Å². The average molecular weight is 741 g/mol. The smallest absolute Gasteiger partial charge is 0.462 e. The number of hydrogen-bond donors (Lipinski definition) is 2. The van der Waals surface area contributed by atoms with Crippen molar-refractivity contribution in [2.24, 2.45) is 0 Å². The number of allylic oxidation sites excluding steroid dienone is 6. The Hall–Kier alpha value is -1.73. The van der Waals surface area contributed by atoms with E-state index in [0.717, 1.165) is 57.8 Å². The van der Waals surface area contributed by atoms with Crippen molar-refractivity contribution in [1.29, 1.82) is 0 Å². The molecule has 0 aliphatic carbocycles. The summed E-state index contributed by atoms with van der Waals surface area (Å²) in [6.07, 6.45) is 44.3. The Labute approximate surface area is 312 Å². The number of carbonyl (C=O) groups is 2. The van der Waals surface area contributed by atoms with E-state index in [1.807, 2.05) is 0 Å². The molecule has 9 heteroatoms. The summed E-state index contributed by atoms with van der Waals surface area (Å²) in [5.41, 5.74) is 0. The first-order chi connectivity index (χ1) is 24.8. The Bertz CT molecular complexity index is 926. The standard InChI is InChI=1S/C42H77O8P/c1-3-5-7-9-11-13-15-17-19-21-23-24-26-28-30-32-34-36-41(43)48-38-40(39-49-51(45,46)47)50-42(44)37-35-33-31-29-27-25-22-20-18-16-14-12-10-8-6-4-2/h11,13,17,19,23-24,40H,3-10,12,14-16,18,20-22,25-39H2,1-2H3,(H2,45,46,47)/b13-11-,19-17-,24-23-/t40-/m1/s1. The maximum absolute atomic E-state index is 12.4. The second-order valence-electron chi connectivity index (χ2n) is 14.0. The summed E-state index contributed by atoms with van der Waals surface area (Å²) in [7, 11) is -4.76. The fraction of sp³-hybridized carbons (Fsp3) is 0.810. The van der Waals surface area contributed by atoms with Gasteiger partial charge in [0, 0.05) is 12.8 Å². The summed E-state index contributed by atoms with van der Waals surface area (Å²) < 4.78 is 26.4. The van der Waals surface area contributed by atoms with Crippen LogP contribution in [-0.2, 0) is 28.2 Å². The molecule has 2 N–H and O–H groups in total. The van der Waals surface area contributed by atoms with Gasteiger partial charge in [0.25, 0.3) is 0 Å². The zero-order valence-electron chi connectivity index (χ0n) is 32.8. The van der Waals surface area contributed by atoms with E-state index in [2.05, 4.69) is 54.8 Å². The molecule has 0 fully saturated rings. The van der Waals surface area contributed by atoms with Gasteiger partial charge in [0.2, 0.25) is 0 Å². The lowest BCUT2D eigenvalue weighted by atomic mass is 10.0. The maximum atomic E-state index is 12.4. The predicted octanol–water partition coefficient (Wildman–Crippen LogP) is 12.6. The Balaban J connectivity index is 3.95. The molecule has 0 aromatic heterocycles. The van der Waals surface area contributed by atoms with Gasteiger partial charge in [-0.1, -0.05) is 172 Å². The van der Waals surface area contributed by atoms with Crippen molar-refractivity contribution in [2.45, 2.75) is 206 Å². The molecule has 0 unspecified atom stereocenters. The van der Waals surface area contributed by atoms with Crippen molar-refractivity contribution in [1.82, 2.24) is 0 Å². The number of unbranched alkanes of at least 4 members (excludes halogenated alkanes) is 22. The third-order valence-electron chi connectivity index (χ3n) is 8.91. The highest BCUT2D eigenvalue weighted by Gasteiger charge is 2.22. The minimum atomic E-state index is -4.76. The quantitative estimate of drug-likeness (QED) is 0.0278. The molecule has 0 aliphatic heterocycles. The van der Waals surface area contributed by atoms with Crippen LogP contribution in [0.15, 0.2) is 36.5 Å². The van der Waals surface area contributed by atoms with Gasteiger partial charge in [0.15, 0.2) is 6.10 Å². The molecule has 0 aromatic carbocycles. The largest absolute Gasteiger partial charge is 0.469 e. The number of phosphoric ester groups is 1. The summed E-state index contributed by atoms with van der Waals surface area (Å²) in [5.74, 6) is -0.904. The normalized spacial score (nSPS) is 12.8. The summed E-state index contributed by atoms with van der Waals surface area (Å²) in [5, 5.41) is 0. The van der Waals surface area contributed by atoms with E-state index in [9.17, 15) is 14.2 Å². The number of carbonyl (C=O) groups excluding carboxylic acids is 2. The number of hydrogen-bond acceptors (Lipinski definition) is 6. The molecular formula is C42H77O8P. The molecule has 8 nitrogen and oxygen atoms in total. The van der Waals surface area contributed by atoms with Crippen molar-refractivity contribution in [3.8, 4) is 0 Å². The van der Waals surface area contributed by atoms with Crippen LogP contribution in [0.1, 0.15) is 200 Å². The molecule has 0 aliphatic rings. The van der Waals surface area contributed by atoms with E-state index in [1.165, 1.54) is 103 Å². The van der Waals surface area contributed by atoms with E-state index < -0.39 is 32.5 Å². The third kappa shape index (κ3) is 40.9. The zero-order chi connectivity index (χ0) is 37.5. The first-order valence-electron chi connectivity index (χ1n) is 20.8. The molecule has 0 heterocycles. The van der Waals surface area contributed by atoms with Crippen LogP contribution in [0.25, 0.3) is 0 Å². The second-order valence-corrected chi connectivity index (χ2v) is 15.2. The monoisotopic (exact) mass is 741 g/mol. The van der Waals surface area contributed by atoms with Gasteiger partial charge in [-0.2, -0.15) is 0 Å². The Morgan fingerprint density at radius 3 is 1.35 bits per heavy atom. The zero-order valence-corrected chi connectivity index (χ0v) is 33.6. The Morgan fingerprint density at radius 2 is 0.882 bits per heavy atom. The van der Waals surface area contributed by atoms with Gasteiger partial charge in [-0.05, 0) is 51.4 Å². The molecule has 0 radical (unpaired) electrons. The molecule has 51 heavy (non-hydrogen) atoms. The Kier molecular flexibility index (Phi) is 36.7. The number of phosphoric acid groups is 1. The molecule has 0 spiro atoms. The molecule has 0 amide bonds. The van der Waals surface area contributed by atoms with E-state index in [-0.39, 0.29) is 19.4 Å². The molecule has 298 valence electrons. The van der Waals surface area contributed by atoms with Crippen LogP contribution in [0.3, 0.4) is 0 Å². The minimum Gasteiger partial charge on any atom is -0.462 e. The fourth-order valence-electron chi connectivity index (χ4n) is 5.79. The van der Waals surface area contributed by atoms with Crippen molar-refractivity contribution >= 4 is 19.8 Å². The first-order valence-corrected chi connectivity index (χ1v) is 22.3. The van der Waals surface area contributed by atoms with Gasteiger partial charge in [-0.15, -0.1) is 0 Å². The van der Waals surface area contributed by atoms with Gasteiger partial charge >= 0.3 is 19.8 Å². The molecule has 0 aromatic rings. The summed E-state index contributed by atoms with van der Waals surface area (Å²) >= 11 is 0. The lowest BCUT2D eigenvalue weighted by Gasteiger charge is -2.18. The lowest BCUT2D eigenvalue weighted by Crippen LogP contribution is -2.29. The molecule has 0 saturated heterocycles. The van der Waals surface area contributed by atoms with E-state index >= 15 is 0 Å². The minimum absolute atomic E-state index is 0.210. The summed E-state index contributed by atoms with van der Waals surface area (Å²) in [6, 6.07) is 0. The van der Waals surface area contributed by atoms with Crippen molar-refractivity contribution < 1.29 is 37.9 Å². The van der Waals surface area contributed by atoms with Crippen LogP contribution in [0, 0.1) is 0 Å². The fourth-order valence-corrected chi connectivity index (χ4v) is 6.15. The number of esters is 2. The van der Waals surface area contributed by atoms with Gasteiger partial charge in [-0.25, -0.2) is 4.57 Å². The topological polar surface area (TPSA) is 119 Å². The van der Waals surface area contributed by atoms with Crippen molar-refractivity contribution in [3.63, 3.8) is 0 Å². The number of ether oxygens (including phenoxy) is 2. The molecular weight excluding hydrogens is 663 g/mol. The highest BCUT2D eigenvalue weighted by molar-refractivity contribution is 7.46. The Morgan fingerprint density at radius 1 is 0.510 bits per heavy atom. The molecule has 1 atom stereocenters. The summed E-state index contributed by atoms with van der Waals surface area (Å²) in [6.45, 7) is 3.65. The van der Waals surface area contributed by atoms with Gasteiger partial charge in [0.05, 0.1) is 6.61 Å².